The molecule has 1 unspecified atom stereocenters. The molecule has 0 saturated carbocycles. The van der Waals surface area contributed by atoms with Crippen LogP contribution in [0.5, 0.6) is 0 Å². The topological polar surface area (TPSA) is 58.2 Å². The van der Waals surface area contributed by atoms with Crippen molar-refractivity contribution in [2.75, 3.05) is 17.0 Å². The molecule has 0 fully saturated rings. The third-order valence-electron chi connectivity index (χ3n) is 2.95. The van der Waals surface area contributed by atoms with E-state index in [4.69, 9.17) is 0 Å². The molecule has 0 radical (unpaired) electrons. The van der Waals surface area contributed by atoms with E-state index < -0.39 is 10.0 Å². The zero-order chi connectivity index (χ0) is 15.2. The van der Waals surface area contributed by atoms with Gasteiger partial charge in [0.2, 0.25) is 10.0 Å². The Morgan fingerprint density at radius 1 is 1.15 bits per heavy atom. The molecule has 20 heavy (non-hydrogen) atoms. The molecule has 1 atom stereocenters. The van der Waals surface area contributed by atoms with Crippen LogP contribution in [0.2, 0.25) is 0 Å². The van der Waals surface area contributed by atoms with E-state index in [-0.39, 0.29) is 17.7 Å². The predicted molar refractivity (Wildman–Crippen MR) is 85.4 cm³/mol. The Hall–Kier alpha value is -1.07. The summed E-state index contributed by atoms with van der Waals surface area (Å²) in [5.74, 6) is 0.244. The van der Waals surface area contributed by atoms with Gasteiger partial charge in [-0.2, -0.15) is 0 Å². The average Bonchev–Trinajstić information content (AvgIpc) is 2.34. The Bertz CT molecular complexity index is 512. The van der Waals surface area contributed by atoms with E-state index in [1.807, 2.05) is 45.0 Å². The predicted octanol–water partition coefficient (Wildman–Crippen LogP) is 3.14. The molecule has 0 amide bonds. The van der Waals surface area contributed by atoms with Crippen molar-refractivity contribution in [1.29, 1.82) is 0 Å². The molecule has 0 saturated heterocycles. The van der Waals surface area contributed by atoms with Crippen LogP contribution in [-0.4, -0.2) is 20.7 Å². The number of hydrogen-bond donors (Lipinski definition) is 2. The van der Waals surface area contributed by atoms with Gasteiger partial charge in [-0.1, -0.05) is 39.0 Å². The molecular formula is C15H26N2O2S. The molecule has 5 heteroatoms. The second-order valence-corrected chi connectivity index (χ2v) is 7.31. The Balaban J connectivity index is 2.90. The molecule has 1 aromatic carbocycles. The molecule has 0 aliphatic rings. The molecule has 0 aliphatic heterocycles. The van der Waals surface area contributed by atoms with E-state index in [1.165, 1.54) is 0 Å². The van der Waals surface area contributed by atoms with Gasteiger partial charge in [0.15, 0.2) is 0 Å². The summed E-state index contributed by atoms with van der Waals surface area (Å²) < 4.78 is 26.8. The molecule has 114 valence electrons. The van der Waals surface area contributed by atoms with Crippen LogP contribution < -0.4 is 10.0 Å². The number of anilines is 1. The van der Waals surface area contributed by atoms with E-state index in [9.17, 15) is 8.42 Å². The smallest absolute Gasteiger partial charge is 0.232 e. The summed E-state index contributed by atoms with van der Waals surface area (Å²) in [6.45, 7) is 8.86. The van der Waals surface area contributed by atoms with Crippen molar-refractivity contribution in [3.8, 4) is 0 Å². The minimum Gasteiger partial charge on any atom is -0.310 e. The van der Waals surface area contributed by atoms with E-state index in [0.717, 1.165) is 18.5 Å². The second-order valence-electron chi connectivity index (χ2n) is 5.54. The van der Waals surface area contributed by atoms with Crippen molar-refractivity contribution in [1.82, 2.24) is 5.32 Å². The van der Waals surface area contributed by atoms with Crippen molar-refractivity contribution < 1.29 is 8.42 Å². The van der Waals surface area contributed by atoms with Crippen LogP contribution in [0.3, 0.4) is 0 Å². The number of rotatable bonds is 8. The Morgan fingerprint density at radius 3 is 2.40 bits per heavy atom. The highest BCUT2D eigenvalue weighted by atomic mass is 32.2. The van der Waals surface area contributed by atoms with E-state index in [1.54, 1.807) is 0 Å². The second kappa shape index (κ2) is 7.64. The first-order valence-electron chi connectivity index (χ1n) is 7.18. The summed E-state index contributed by atoms with van der Waals surface area (Å²) >= 11 is 0. The Labute approximate surface area is 123 Å². The number of nitrogens with one attached hydrogen (secondary N) is 2. The third-order valence-corrected chi connectivity index (χ3v) is 4.58. The number of para-hydroxylation sites is 1. The lowest BCUT2D eigenvalue weighted by atomic mass is 10.1. The molecule has 0 aliphatic carbocycles. The van der Waals surface area contributed by atoms with Crippen molar-refractivity contribution in [3.63, 3.8) is 0 Å². The van der Waals surface area contributed by atoms with Crippen LogP contribution in [0.15, 0.2) is 24.3 Å². The van der Waals surface area contributed by atoms with E-state index in [0.29, 0.717) is 5.69 Å². The molecular weight excluding hydrogens is 272 g/mol. The lowest BCUT2D eigenvalue weighted by molar-refractivity contribution is 0.571. The fraction of sp³-hybridized carbons (Fsp3) is 0.600. The number of benzene rings is 1. The fourth-order valence-corrected chi connectivity index (χ4v) is 3.57. The maximum atomic E-state index is 12.1. The monoisotopic (exact) mass is 298 g/mol. The maximum Gasteiger partial charge on any atom is 0.232 e. The normalized spacial score (nSPS) is 13.4. The van der Waals surface area contributed by atoms with Gasteiger partial charge in [-0.25, -0.2) is 8.42 Å². The SMILES string of the molecule is CCCNC(C)c1ccccc1NS(=O)(=O)CC(C)C. The van der Waals surface area contributed by atoms with Crippen LogP contribution in [-0.2, 0) is 10.0 Å². The van der Waals surface area contributed by atoms with Crippen LogP contribution in [0.4, 0.5) is 5.69 Å². The summed E-state index contributed by atoms with van der Waals surface area (Å²) in [5.41, 5.74) is 1.65. The summed E-state index contributed by atoms with van der Waals surface area (Å²) in [6.07, 6.45) is 1.05. The summed E-state index contributed by atoms with van der Waals surface area (Å²) in [4.78, 5) is 0. The highest BCUT2D eigenvalue weighted by Crippen LogP contribution is 2.23. The first-order chi connectivity index (χ1) is 9.35. The quantitative estimate of drug-likeness (QED) is 0.775. The van der Waals surface area contributed by atoms with Gasteiger partial charge in [0.05, 0.1) is 11.4 Å². The lowest BCUT2D eigenvalue weighted by Crippen LogP contribution is -2.24. The summed E-state index contributed by atoms with van der Waals surface area (Å²) in [7, 11) is -3.29. The van der Waals surface area contributed by atoms with Gasteiger partial charge in [-0.3, -0.25) is 4.72 Å². The summed E-state index contributed by atoms with van der Waals surface area (Å²) in [5, 5.41) is 3.38. The van der Waals surface area contributed by atoms with Gasteiger partial charge in [0, 0.05) is 6.04 Å². The molecule has 1 aromatic rings. The zero-order valence-corrected chi connectivity index (χ0v) is 13.6. The highest BCUT2D eigenvalue weighted by molar-refractivity contribution is 7.92. The first-order valence-corrected chi connectivity index (χ1v) is 8.83. The van der Waals surface area contributed by atoms with E-state index in [2.05, 4.69) is 17.0 Å². The molecule has 0 heterocycles. The Kier molecular flexibility index (Phi) is 6.49. The van der Waals surface area contributed by atoms with Crippen molar-refractivity contribution in [3.05, 3.63) is 29.8 Å². The number of hydrogen-bond acceptors (Lipinski definition) is 3. The van der Waals surface area contributed by atoms with Crippen molar-refractivity contribution >= 4 is 15.7 Å². The molecule has 0 aromatic heterocycles. The Morgan fingerprint density at radius 2 is 1.80 bits per heavy atom. The van der Waals surface area contributed by atoms with Gasteiger partial charge < -0.3 is 5.32 Å². The lowest BCUT2D eigenvalue weighted by Gasteiger charge is -2.19. The molecule has 1 rings (SSSR count). The van der Waals surface area contributed by atoms with Crippen LogP contribution in [0.25, 0.3) is 0 Å². The maximum absolute atomic E-state index is 12.1. The standard InChI is InChI=1S/C15H26N2O2S/c1-5-10-16-13(4)14-8-6-7-9-15(14)17-20(18,19)11-12(2)3/h6-9,12-13,16-17H,5,10-11H2,1-4H3. The molecule has 2 N–H and O–H groups in total. The van der Waals surface area contributed by atoms with E-state index >= 15 is 0 Å². The van der Waals surface area contributed by atoms with Crippen molar-refractivity contribution in [2.24, 2.45) is 5.92 Å². The largest absolute Gasteiger partial charge is 0.310 e. The average molecular weight is 298 g/mol. The van der Waals surface area contributed by atoms with Gasteiger partial charge in [0.1, 0.15) is 0 Å². The first kappa shape index (κ1) is 17.0. The van der Waals surface area contributed by atoms with Crippen LogP contribution >= 0.6 is 0 Å². The number of sulfonamides is 1. The van der Waals surface area contributed by atoms with Gasteiger partial charge in [0.25, 0.3) is 0 Å². The van der Waals surface area contributed by atoms with Gasteiger partial charge in [-0.05, 0) is 37.4 Å². The third kappa shape index (κ3) is 5.51. The molecule has 0 bridgehead atoms. The minimum absolute atomic E-state index is 0.107. The molecule has 4 nitrogen and oxygen atoms in total. The highest BCUT2D eigenvalue weighted by Gasteiger charge is 2.16. The van der Waals surface area contributed by atoms with Crippen molar-refractivity contribution in [2.45, 2.75) is 40.2 Å². The van der Waals surface area contributed by atoms with Crippen LogP contribution in [0.1, 0.15) is 45.7 Å². The summed E-state index contributed by atoms with van der Waals surface area (Å²) in [6, 6.07) is 7.67. The fourth-order valence-electron chi connectivity index (χ4n) is 2.09. The minimum atomic E-state index is -3.29. The van der Waals surface area contributed by atoms with Gasteiger partial charge >= 0.3 is 0 Å². The molecule has 0 spiro atoms. The van der Waals surface area contributed by atoms with Crippen LogP contribution in [0, 0.1) is 5.92 Å². The zero-order valence-electron chi connectivity index (χ0n) is 12.8. The van der Waals surface area contributed by atoms with Gasteiger partial charge in [-0.15, -0.1) is 0 Å².